The summed E-state index contributed by atoms with van der Waals surface area (Å²) in [4.78, 5) is 0.916. The highest BCUT2D eigenvalue weighted by Crippen LogP contribution is 2.29. The minimum Gasteiger partial charge on any atom is -0.495 e. The molecule has 2 aromatic rings. The molecular formula is C14H12N2O2S. The van der Waals surface area contributed by atoms with Crippen LogP contribution in [0.2, 0.25) is 0 Å². The number of nitrogens with two attached hydrogens (primary N) is 1. The lowest BCUT2D eigenvalue weighted by atomic mass is 10.2. The largest absolute Gasteiger partial charge is 0.495 e. The molecule has 0 aromatic heterocycles. The summed E-state index contributed by atoms with van der Waals surface area (Å²) in [6.45, 7) is 0. The molecule has 2 rings (SSSR count). The third kappa shape index (κ3) is 2.44. The van der Waals surface area contributed by atoms with Crippen molar-refractivity contribution < 1.29 is 8.95 Å². The number of ether oxygens (including phenoxy) is 1. The number of hydrogen-bond acceptors (Lipinski definition) is 4. The van der Waals surface area contributed by atoms with E-state index in [0.29, 0.717) is 21.2 Å². The summed E-state index contributed by atoms with van der Waals surface area (Å²) in [5.41, 5.74) is 6.29. The number of nitriles is 1. The zero-order chi connectivity index (χ0) is 13.8. The second-order valence-electron chi connectivity index (χ2n) is 3.75. The van der Waals surface area contributed by atoms with Gasteiger partial charge in [0.25, 0.3) is 0 Å². The molecule has 2 N–H and O–H groups in total. The zero-order valence-electron chi connectivity index (χ0n) is 10.3. The van der Waals surface area contributed by atoms with Crippen molar-refractivity contribution >= 4 is 16.5 Å². The highest BCUT2D eigenvalue weighted by Gasteiger charge is 2.17. The molecule has 0 fully saturated rings. The Labute approximate surface area is 113 Å². The Morgan fingerprint density at radius 3 is 2.53 bits per heavy atom. The molecule has 0 heterocycles. The van der Waals surface area contributed by atoms with Crippen LogP contribution in [-0.2, 0) is 10.8 Å². The van der Waals surface area contributed by atoms with Gasteiger partial charge in [-0.1, -0.05) is 18.2 Å². The number of anilines is 1. The maximum absolute atomic E-state index is 12.6. The maximum Gasteiger partial charge on any atom is 0.135 e. The fraction of sp³-hybridized carbons (Fsp3) is 0.0714. The molecule has 0 spiro atoms. The number of benzene rings is 2. The molecule has 0 saturated heterocycles. The first-order valence-electron chi connectivity index (χ1n) is 5.52. The monoisotopic (exact) mass is 272 g/mol. The lowest BCUT2D eigenvalue weighted by Crippen LogP contribution is -2.01. The first-order chi connectivity index (χ1) is 9.19. The van der Waals surface area contributed by atoms with Crippen molar-refractivity contribution in [1.82, 2.24) is 0 Å². The van der Waals surface area contributed by atoms with E-state index in [1.54, 1.807) is 42.5 Å². The molecule has 0 saturated carbocycles. The third-order valence-corrected chi connectivity index (χ3v) is 4.12. The van der Waals surface area contributed by atoms with E-state index >= 15 is 0 Å². The Morgan fingerprint density at radius 2 is 1.84 bits per heavy atom. The lowest BCUT2D eigenvalue weighted by Gasteiger charge is -2.09. The Kier molecular flexibility index (Phi) is 3.83. The molecule has 1 atom stereocenters. The molecule has 0 amide bonds. The Hall–Kier alpha value is -2.32. The minimum absolute atomic E-state index is 0.242. The van der Waals surface area contributed by atoms with Gasteiger partial charge in [0.05, 0.1) is 39.0 Å². The van der Waals surface area contributed by atoms with Crippen molar-refractivity contribution in [2.45, 2.75) is 9.79 Å². The number of rotatable bonds is 3. The van der Waals surface area contributed by atoms with E-state index in [4.69, 9.17) is 15.7 Å². The summed E-state index contributed by atoms with van der Waals surface area (Å²) >= 11 is 0. The predicted molar refractivity (Wildman–Crippen MR) is 73.2 cm³/mol. The Bertz CT molecular complexity index is 677. The molecule has 0 aliphatic heterocycles. The van der Waals surface area contributed by atoms with Gasteiger partial charge in [-0.15, -0.1) is 0 Å². The van der Waals surface area contributed by atoms with E-state index in [2.05, 4.69) is 0 Å². The van der Waals surface area contributed by atoms with Gasteiger partial charge < -0.3 is 10.5 Å². The van der Waals surface area contributed by atoms with Gasteiger partial charge >= 0.3 is 0 Å². The molecular weight excluding hydrogens is 260 g/mol. The minimum atomic E-state index is -1.51. The number of methoxy groups -OCH3 is 1. The highest BCUT2D eigenvalue weighted by atomic mass is 32.2. The fourth-order valence-corrected chi connectivity index (χ4v) is 3.04. The van der Waals surface area contributed by atoms with Crippen molar-refractivity contribution in [3.8, 4) is 11.8 Å². The topological polar surface area (TPSA) is 76.1 Å². The predicted octanol–water partition coefficient (Wildman–Crippen LogP) is 2.32. The van der Waals surface area contributed by atoms with Crippen LogP contribution in [0, 0.1) is 11.3 Å². The SMILES string of the molecule is COc1ccccc1[S@](=O)c1cccc(N)c1C#N. The molecule has 0 radical (unpaired) electrons. The third-order valence-electron chi connectivity index (χ3n) is 2.64. The number of hydrogen-bond donors (Lipinski definition) is 1. The molecule has 0 aliphatic rings. The summed E-state index contributed by atoms with van der Waals surface area (Å²) < 4.78 is 17.8. The van der Waals surface area contributed by atoms with E-state index in [1.165, 1.54) is 7.11 Å². The average molecular weight is 272 g/mol. The summed E-state index contributed by atoms with van der Waals surface area (Å²) in [5.74, 6) is 0.521. The Balaban J connectivity index is 2.57. The fourth-order valence-electron chi connectivity index (χ4n) is 1.71. The van der Waals surface area contributed by atoms with E-state index in [1.807, 2.05) is 6.07 Å². The van der Waals surface area contributed by atoms with Crippen molar-refractivity contribution in [3.63, 3.8) is 0 Å². The van der Waals surface area contributed by atoms with E-state index in [-0.39, 0.29) is 5.56 Å². The van der Waals surface area contributed by atoms with Gasteiger partial charge in [-0.3, -0.25) is 0 Å². The van der Waals surface area contributed by atoms with Crippen LogP contribution in [0.25, 0.3) is 0 Å². The summed E-state index contributed by atoms with van der Waals surface area (Å²) in [5, 5.41) is 9.13. The standard InChI is InChI=1S/C14H12N2O2S/c1-18-12-6-2-3-7-14(12)19(17)13-8-4-5-11(16)10(13)9-15/h2-8H,16H2,1H3/t19-/m1/s1. The molecule has 4 nitrogen and oxygen atoms in total. The summed E-state index contributed by atoms with van der Waals surface area (Å²) in [6.07, 6.45) is 0. The van der Waals surface area contributed by atoms with Crippen LogP contribution < -0.4 is 10.5 Å². The first kappa shape index (κ1) is 13.1. The van der Waals surface area contributed by atoms with Gasteiger partial charge in [-0.05, 0) is 24.3 Å². The van der Waals surface area contributed by atoms with Crippen LogP contribution in [-0.4, -0.2) is 11.3 Å². The smallest absolute Gasteiger partial charge is 0.135 e. The molecule has 0 unspecified atom stereocenters. The van der Waals surface area contributed by atoms with Crippen LogP contribution in [0.15, 0.2) is 52.3 Å². The molecule has 19 heavy (non-hydrogen) atoms. The quantitative estimate of drug-likeness (QED) is 0.870. The van der Waals surface area contributed by atoms with Crippen molar-refractivity contribution in [2.75, 3.05) is 12.8 Å². The zero-order valence-corrected chi connectivity index (χ0v) is 11.1. The second-order valence-corrected chi connectivity index (χ2v) is 5.17. The molecule has 0 aliphatic carbocycles. The van der Waals surface area contributed by atoms with E-state index in [0.717, 1.165) is 0 Å². The van der Waals surface area contributed by atoms with Crippen LogP contribution in [0.3, 0.4) is 0 Å². The highest BCUT2D eigenvalue weighted by molar-refractivity contribution is 7.85. The summed E-state index contributed by atoms with van der Waals surface area (Å²) in [7, 11) is 0.00704. The Morgan fingerprint density at radius 1 is 1.16 bits per heavy atom. The first-order valence-corrected chi connectivity index (χ1v) is 6.67. The van der Waals surface area contributed by atoms with Crippen LogP contribution >= 0.6 is 0 Å². The molecule has 0 bridgehead atoms. The van der Waals surface area contributed by atoms with Gasteiger partial charge in [-0.25, -0.2) is 4.21 Å². The van der Waals surface area contributed by atoms with Crippen LogP contribution in [0.4, 0.5) is 5.69 Å². The normalized spacial score (nSPS) is 11.6. The van der Waals surface area contributed by atoms with E-state index < -0.39 is 10.8 Å². The number of nitrogen functional groups attached to an aromatic ring is 1. The average Bonchev–Trinajstić information content (AvgIpc) is 2.46. The van der Waals surface area contributed by atoms with Crippen LogP contribution in [0.1, 0.15) is 5.56 Å². The molecule has 2 aromatic carbocycles. The maximum atomic E-state index is 12.6. The van der Waals surface area contributed by atoms with Gasteiger partial charge in [0.1, 0.15) is 11.8 Å². The van der Waals surface area contributed by atoms with Crippen molar-refractivity contribution in [3.05, 3.63) is 48.0 Å². The summed E-state index contributed by atoms with van der Waals surface area (Å²) in [6, 6.07) is 13.9. The van der Waals surface area contributed by atoms with E-state index in [9.17, 15) is 4.21 Å². The van der Waals surface area contributed by atoms with Crippen LogP contribution in [0.5, 0.6) is 5.75 Å². The lowest BCUT2D eigenvalue weighted by molar-refractivity contribution is 0.404. The number of para-hydroxylation sites is 1. The van der Waals surface area contributed by atoms with Gasteiger partial charge in [0.15, 0.2) is 0 Å². The molecule has 5 heteroatoms. The van der Waals surface area contributed by atoms with Gasteiger partial charge in [-0.2, -0.15) is 5.26 Å². The number of nitrogens with zero attached hydrogens (tertiary/aromatic N) is 1. The van der Waals surface area contributed by atoms with Gasteiger partial charge in [0, 0.05) is 0 Å². The van der Waals surface area contributed by atoms with Crippen molar-refractivity contribution in [1.29, 1.82) is 5.26 Å². The van der Waals surface area contributed by atoms with Crippen molar-refractivity contribution in [2.24, 2.45) is 0 Å². The second kappa shape index (κ2) is 5.55. The molecule has 96 valence electrons. The van der Waals surface area contributed by atoms with Gasteiger partial charge in [0.2, 0.25) is 0 Å².